The Balaban J connectivity index is 1.91. The fraction of sp³-hybridized carbons (Fsp3) is 0.238. The van der Waals surface area contributed by atoms with Crippen molar-refractivity contribution in [2.75, 3.05) is 0 Å². The van der Waals surface area contributed by atoms with Crippen molar-refractivity contribution in [2.45, 2.75) is 32.6 Å². The summed E-state index contributed by atoms with van der Waals surface area (Å²) in [6.07, 6.45) is 11.3. The van der Waals surface area contributed by atoms with Crippen molar-refractivity contribution in [2.24, 2.45) is 0 Å². The van der Waals surface area contributed by atoms with Gasteiger partial charge in [0.1, 0.15) is 0 Å². The highest BCUT2D eigenvalue weighted by Crippen LogP contribution is 2.42. The van der Waals surface area contributed by atoms with Gasteiger partial charge in [0.25, 0.3) is 0 Å². The zero-order chi connectivity index (χ0) is 14.2. The summed E-state index contributed by atoms with van der Waals surface area (Å²) >= 11 is 0. The lowest BCUT2D eigenvalue weighted by atomic mass is 9.91. The Morgan fingerprint density at radius 1 is 1.00 bits per heavy atom. The molecule has 21 heavy (non-hydrogen) atoms. The third kappa shape index (κ3) is 2.06. The summed E-state index contributed by atoms with van der Waals surface area (Å²) < 4.78 is 0. The van der Waals surface area contributed by atoms with Gasteiger partial charge in [0.2, 0.25) is 0 Å². The van der Waals surface area contributed by atoms with Crippen LogP contribution in [0.25, 0.3) is 16.7 Å². The van der Waals surface area contributed by atoms with Crippen molar-refractivity contribution >= 4 is 5.57 Å². The van der Waals surface area contributed by atoms with Crippen LogP contribution in [0, 0.1) is 0 Å². The standard InChI is InChI=1S/C21H20/c1-2-7-15-12-19(16-8-3-4-9-16)21-14-17-10-5-6-11-18(17)20(21)13-15/h3-6,8,10-13H,2,7,9,14H2,1H3. The summed E-state index contributed by atoms with van der Waals surface area (Å²) in [6.45, 7) is 2.26. The first kappa shape index (κ1) is 12.6. The summed E-state index contributed by atoms with van der Waals surface area (Å²) in [6, 6.07) is 13.7. The molecule has 104 valence electrons. The average molecular weight is 272 g/mol. The van der Waals surface area contributed by atoms with Crippen LogP contribution in [0.1, 0.15) is 42.0 Å². The Hall–Kier alpha value is -2.08. The maximum Gasteiger partial charge on any atom is -0.000740 e. The first-order valence-electron chi connectivity index (χ1n) is 7.97. The molecule has 2 aliphatic carbocycles. The van der Waals surface area contributed by atoms with Gasteiger partial charge in [0.05, 0.1) is 0 Å². The molecule has 0 aromatic heterocycles. The predicted molar refractivity (Wildman–Crippen MR) is 90.4 cm³/mol. The molecule has 0 radical (unpaired) electrons. The Morgan fingerprint density at radius 3 is 2.67 bits per heavy atom. The van der Waals surface area contributed by atoms with Gasteiger partial charge < -0.3 is 0 Å². The highest BCUT2D eigenvalue weighted by Gasteiger charge is 2.23. The van der Waals surface area contributed by atoms with Gasteiger partial charge in [0, 0.05) is 0 Å². The smallest absolute Gasteiger partial charge is 0.000740 e. The van der Waals surface area contributed by atoms with Crippen molar-refractivity contribution in [3.8, 4) is 11.1 Å². The molecule has 0 saturated heterocycles. The largest absolute Gasteiger partial charge is 0.0801 e. The Labute approximate surface area is 126 Å². The number of fused-ring (bicyclic) bond motifs is 3. The van der Waals surface area contributed by atoms with Gasteiger partial charge in [-0.3, -0.25) is 0 Å². The fourth-order valence-electron chi connectivity index (χ4n) is 3.66. The van der Waals surface area contributed by atoms with E-state index in [0.29, 0.717) is 0 Å². The number of aryl methyl sites for hydroxylation is 1. The quantitative estimate of drug-likeness (QED) is 0.586. The molecule has 0 spiro atoms. The molecule has 2 aliphatic rings. The molecule has 2 aromatic carbocycles. The van der Waals surface area contributed by atoms with Crippen molar-refractivity contribution < 1.29 is 0 Å². The zero-order valence-corrected chi connectivity index (χ0v) is 12.5. The highest BCUT2D eigenvalue weighted by molar-refractivity contribution is 5.85. The topological polar surface area (TPSA) is 0 Å². The third-order valence-corrected chi connectivity index (χ3v) is 4.64. The number of hydrogen-bond donors (Lipinski definition) is 0. The van der Waals surface area contributed by atoms with Gasteiger partial charge in [-0.2, -0.15) is 0 Å². The molecule has 0 aliphatic heterocycles. The van der Waals surface area contributed by atoms with Gasteiger partial charge in [0.15, 0.2) is 0 Å². The van der Waals surface area contributed by atoms with Gasteiger partial charge in [-0.1, -0.05) is 68.0 Å². The zero-order valence-electron chi connectivity index (χ0n) is 12.5. The molecule has 0 unspecified atom stereocenters. The van der Waals surface area contributed by atoms with Gasteiger partial charge >= 0.3 is 0 Å². The molecule has 0 atom stereocenters. The van der Waals surface area contributed by atoms with E-state index in [1.807, 2.05) is 0 Å². The normalized spacial score (nSPS) is 15.0. The van der Waals surface area contributed by atoms with Crippen LogP contribution in [0.2, 0.25) is 0 Å². The summed E-state index contributed by atoms with van der Waals surface area (Å²) in [7, 11) is 0. The van der Waals surface area contributed by atoms with Crippen LogP contribution in [0.5, 0.6) is 0 Å². The van der Waals surface area contributed by atoms with Crippen molar-refractivity contribution in [3.63, 3.8) is 0 Å². The molecule has 2 aromatic rings. The average Bonchev–Trinajstić information content (AvgIpc) is 3.14. The summed E-state index contributed by atoms with van der Waals surface area (Å²) in [5.74, 6) is 0. The minimum Gasteiger partial charge on any atom is -0.0801 e. The monoisotopic (exact) mass is 272 g/mol. The maximum atomic E-state index is 2.44. The van der Waals surface area contributed by atoms with Crippen LogP contribution in [0.15, 0.2) is 54.6 Å². The second kappa shape index (κ2) is 5.04. The second-order valence-electron chi connectivity index (χ2n) is 6.08. The SMILES string of the molecule is CCCc1cc(C2=CC=CC2)c2c(c1)-c1ccccc1C2. The molecule has 0 N–H and O–H groups in total. The number of hydrogen-bond acceptors (Lipinski definition) is 0. The lowest BCUT2D eigenvalue weighted by Crippen LogP contribution is -1.95. The molecule has 4 rings (SSSR count). The van der Waals surface area contributed by atoms with E-state index in [4.69, 9.17) is 0 Å². The van der Waals surface area contributed by atoms with Crippen LogP contribution in [0.3, 0.4) is 0 Å². The van der Waals surface area contributed by atoms with Crippen LogP contribution < -0.4 is 0 Å². The number of rotatable bonds is 3. The Bertz CT molecular complexity index is 760. The minimum atomic E-state index is 1.08. The fourth-order valence-corrected chi connectivity index (χ4v) is 3.66. The molecule has 0 fully saturated rings. The van der Waals surface area contributed by atoms with Gasteiger partial charge in [-0.25, -0.2) is 0 Å². The molecule has 0 heterocycles. The van der Waals surface area contributed by atoms with E-state index < -0.39 is 0 Å². The first-order valence-corrected chi connectivity index (χ1v) is 7.97. The van der Waals surface area contributed by atoms with E-state index in [9.17, 15) is 0 Å². The van der Waals surface area contributed by atoms with Crippen molar-refractivity contribution in [1.82, 2.24) is 0 Å². The molecule has 0 heteroatoms. The molecule has 0 bridgehead atoms. The van der Waals surface area contributed by atoms with Crippen molar-refractivity contribution in [3.05, 3.63) is 76.9 Å². The third-order valence-electron chi connectivity index (χ3n) is 4.64. The van der Waals surface area contributed by atoms with Crippen LogP contribution in [-0.4, -0.2) is 0 Å². The van der Waals surface area contributed by atoms with E-state index in [2.05, 4.69) is 61.5 Å². The maximum absolute atomic E-state index is 2.44. The molecule has 0 saturated carbocycles. The summed E-state index contributed by atoms with van der Waals surface area (Å²) in [5.41, 5.74) is 10.4. The first-order chi connectivity index (χ1) is 10.4. The van der Waals surface area contributed by atoms with Gasteiger partial charge in [-0.05, 0) is 58.2 Å². The highest BCUT2D eigenvalue weighted by atomic mass is 14.3. The molecular weight excluding hydrogens is 252 g/mol. The van der Waals surface area contributed by atoms with E-state index in [1.165, 1.54) is 51.8 Å². The van der Waals surface area contributed by atoms with E-state index in [-0.39, 0.29) is 0 Å². The summed E-state index contributed by atoms with van der Waals surface area (Å²) in [5, 5.41) is 0. The Kier molecular flexibility index (Phi) is 3.03. The lowest BCUT2D eigenvalue weighted by molar-refractivity contribution is 0.920. The lowest BCUT2D eigenvalue weighted by Gasteiger charge is -2.13. The molecule has 0 amide bonds. The van der Waals surface area contributed by atoms with Crippen molar-refractivity contribution in [1.29, 1.82) is 0 Å². The summed E-state index contributed by atoms with van der Waals surface area (Å²) in [4.78, 5) is 0. The van der Waals surface area contributed by atoms with E-state index >= 15 is 0 Å². The number of benzene rings is 2. The van der Waals surface area contributed by atoms with E-state index in [0.717, 1.165) is 12.8 Å². The van der Waals surface area contributed by atoms with Crippen LogP contribution in [-0.2, 0) is 12.8 Å². The molecular formula is C21H20. The minimum absolute atomic E-state index is 1.08. The van der Waals surface area contributed by atoms with Crippen LogP contribution >= 0.6 is 0 Å². The van der Waals surface area contributed by atoms with Crippen LogP contribution in [0.4, 0.5) is 0 Å². The predicted octanol–water partition coefficient (Wildman–Crippen LogP) is 5.55. The van der Waals surface area contributed by atoms with Gasteiger partial charge in [-0.15, -0.1) is 0 Å². The second-order valence-corrected chi connectivity index (χ2v) is 6.08. The van der Waals surface area contributed by atoms with E-state index in [1.54, 1.807) is 0 Å². The Morgan fingerprint density at radius 2 is 1.86 bits per heavy atom. The molecule has 0 nitrogen and oxygen atoms in total. The number of allylic oxidation sites excluding steroid dienone is 4.